The molecule has 2 N–H and O–H groups in total. The van der Waals surface area contributed by atoms with Crippen molar-refractivity contribution in [3.8, 4) is 0 Å². The van der Waals surface area contributed by atoms with E-state index in [1.54, 1.807) is 11.8 Å². The lowest BCUT2D eigenvalue weighted by molar-refractivity contribution is -0.139. The van der Waals surface area contributed by atoms with Crippen molar-refractivity contribution < 1.29 is 14.7 Å². The maximum absolute atomic E-state index is 12.1. The summed E-state index contributed by atoms with van der Waals surface area (Å²) < 4.78 is 0. The van der Waals surface area contributed by atoms with Gasteiger partial charge < -0.3 is 10.4 Å². The summed E-state index contributed by atoms with van der Waals surface area (Å²) in [5, 5.41) is 11.9. The Morgan fingerprint density at radius 2 is 2.00 bits per heavy atom. The van der Waals surface area contributed by atoms with Crippen LogP contribution < -0.4 is 5.32 Å². The topological polar surface area (TPSA) is 69.6 Å². The normalized spacial score (nSPS) is 17.9. The third-order valence-electron chi connectivity index (χ3n) is 3.48. The molecule has 18 heavy (non-hydrogen) atoms. The fraction of sp³-hybridized carbons (Fsp3) is 0.846. The van der Waals surface area contributed by atoms with Crippen molar-refractivity contribution in [3.63, 3.8) is 0 Å². The Bertz CT molecular complexity index is 288. The predicted molar refractivity (Wildman–Crippen MR) is 69.4 cm³/mol. The second-order valence-electron chi connectivity index (χ2n) is 5.03. The number of amides is 1. The van der Waals surface area contributed by atoms with Gasteiger partial charge in [0, 0.05) is 6.04 Å². The summed E-state index contributed by atoms with van der Waals surface area (Å²) in [6, 6.07) is -0.0881. The van der Waals surface area contributed by atoms with Crippen LogP contribution >= 0.6 is 0 Å². The summed E-state index contributed by atoms with van der Waals surface area (Å²) in [7, 11) is 0. The molecular weight excluding hydrogens is 232 g/mol. The highest BCUT2D eigenvalue weighted by atomic mass is 16.4. The molecule has 1 amide bonds. The molecule has 0 aromatic heterocycles. The molecule has 0 saturated heterocycles. The highest BCUT2D eigenvalue weighted by Crippen LogP contribution is 2.18. The minimum atomic E-state index is -0.885. The van der Waals surface area contributed by atoms with E-state index in [0.717, 1.165) is 19.3 Å². The number of carboxylic acids is 1. The number of carbonyl (C=O) groups is 2. The highest BCUT2D eigenvalue weighted by molar-refractivity contribution is 5.82. The lowest BCUT2D eigenvalue weighted by Crippen LogP contribution is -2.49. The van der Waals surface area contributed by atoms with E-state index in [4.69, 9.17) is 5.11 Å². The average molecular weight is 256 g/mol. The Morgan fingerprint density at radius 3 is 2.50 bits per heavy atom. The van der Waals surface area contributed by atoms with E-state index >= 15 is 0 Å². The molecule has 0 radical (unpaired) electrons. The van der Waals surface area contributed by atoms with E-state index < -0.39 is 5.97 Å². The number of carbonyl (C=O) groups excluding carboxylic acids is 1. The first-order valence-electron chi connectivity index (χ1n) is 6.80. The van der Waals surface area contributed by atoms with Crippen molar-refractivity contribution in [2.75, 3.05) is 13.1 Å². The van der Waals surface area contributed by atoms with Crippen LogP contribution in [0.25, 0.3) is 0 Å². The summed E-state index contributed by atoms with van der Waals surface area (Å²) in [5.41, 5.74) is 0. The maximum Gasteiger partial charge on any atom is 0.317 e. The molecule has 1 aliphatic rings. The van der Waals surface area contributed by atoms with Crippen LogP contribution in [0.2, 0.25) is 0 Å². The average Bonchev–Trinajstić information content (AvgIpc) is 2.79. The van der Waals surface area contributed by atoms with Gasteiger partial charge in [0.1, 0.15) is 0 Å². The van der Waals surface area contributed by atoms with Crippen LogP contribution in [0.4, 0.5) is 0 Å². The Hall–Kier alpha value is -1.10. The van der Waals surface area contributed by atoms with Gasteiger partial charge in [-0.2, -0.15) is 0 Å². The lowest BCUT2D eigenvalue weighted by Gasteiger charge is -2.27. The van der Waals surface area contributed by atoms with Crippen molar-refractivity contribution in [1.29, 1.82) is 0 Å². The van der Waals surface area contributed by atoms with E-state index in [2.05, 4.69) is 5.32 Å². The number of carboxylic acid groups (broad SMARTS) is 1. The zero-order valence-corrected chi connectivity index (χ0v) is 11.3. The van der Waals surface area contributed by atoms with Crippen molar-refractivity contribution >= 4 is 11.9 Å². The second-order valence-corrected chi connectivity index (χ2v) is 5.03. The molecule has 1 atom stereocenters. The van der Waals surface area contributed by atoms with Gasteiger partial charge in [-0.1, -0.05) is 19.8 Å². The van der Waals surface area contributed by atoms with Gasteiger partial charge in [0.15, 0.2) is 0 Å². The molecule has 1 fully saturated rings. The van der Waals surface area contributed by atoms with Crippen LogP contribution in [-0.2, 0) is 9.59 Å². The monoisotopic (exact) mass is 256 g/mol. The molecule has 0 aromatic rings. The molecule has 5 heteroatoms. The predicted octanol–water partition coefficient (Wildman–Crippen LogP) is 1.23. The summed E-state index contributed by atoms with van der Waals surface area (Å²) in [6.07, 6.45) is 5.28. The molecular formula is C13H24N2O3. The van der Waals surface area contributed by atoms with E-state index in [0.29, 0.717) is 6.54 Å². The number of hydrogen-bond donors (Lipinski definition) is 2. The van der Waals surface area contributed by atoms with Gasteiger partial charge in [-0.3, -0.25) is 14.5 Å². The van der Waals surface area contributed by atoms with Gasteiger partial charge in [-0.05, 0) is 32.7 Å². The minimum Gasteiger partial charge on any atom is -0.480 e. The van der Waals surface area contributed by atoms with E-state index in [9.17, 15) is 9.59 Å². The molecule has 0 heterocycles. The summed E-state index contributed by atoms with van der Waals surface area (Å²) in [6.45, 7) is 4.32. The smallest absolute Gasteiger partial charge is 0.317 e. The third kappa shape index (κ3) is 4.64. The molecule has 5 nitrogen and oxygen atoms in total. The standard InChI is InChI=1S/C13H24N2O3/c1-3-8-15(9-12(16)17)10(2)13(18)14-11-6-4-5-7-11/h10-11H,3-9H2,1-2H3,(H,14,18)(H,16,17). The number of rotatable bonds is 7. The number of nitrogens with one attached hydrogen (secondary N) is 1. The number of nitrogens with zero attached hydrogens (tertiary/aromatic N) is 1. The second kappa shape index (κ2) is 7.36. The molecule has 0 aliphatic heterocycles. The zero-order chi connectivity index (χ0) is 13.5. The van der Waals surface area contributed by atoms with Crippen molar-refractivity contribution in [2.45, 2.75) is 58.0 Å². The van der Waals surface area contributed by atoms with E-state index in [1.807, 2.05) is 6.92 Å². The van der Waals surface area contributed by atoms with Crippen molar-refractivity contribution in [2.24, 2.45) is 0 Å². The van der Waals surface area contributed by atoms with Gasteiger partial charge >= 0.3 is 5.97 Å². The molecule has 1 unspecified atom stereocenters. The fourth-order valence-electron chi connectivity index (χ4n) is 2.43. The molecule has 0 aromatic carbocycles. The lowest BCUT2D eigenvalue weighted by atomic mass is 10.2. The Labute approximate surface area is 109 Å². The molecule has 0 spiro atoms. The Morgan fingerprint density at radius 1 is 1.39 bits per heavy atom. The van der Waals surface area contributed by atoms with Gasteiger partial charge in [-0.15, -0.1) is 0 Å². The Kier molecular flexibility index (Phi) is 6.12. The van der Waals surface area contributed by atoms with Crippen LogP contribution in [0.15, 0.2) is 0 Å². The molecule has 1 saturated carbocycles. The van der Waals surface area contributed by atoms with Crippen LogP contribution in [-0.4, -0.2) is 47.1 Å². The highest BCUT2D eigenvalue weighted by Gasteiger charge is 2.25. The zero-order valence-electron chi connectivity index (χ0n) is 11.3. The molecule has 0 bridgehead atoms. The first-order valence-corrected chi connectivity index (χ1v) is 6.80. The van der Waals surface area contributed by atoms with E-state index in [-0.39, 0.29) is 24.5 Å². The van der Waals surface area contributed by atoms with Crippen LogP contribution in [0.1, 0.15) is 46.0 Å². The van der Waals surface area contributed by atoms with Gasteiger partial charge in [0.25, 0.3) is 0 Å². The quantitative estimate of drug-likeness (QED) is 0.719. The fourth-order valence-corrected chi connectivity index (χ4v) is 2.43. The largest absolute Gasteiger partial charge is 0.480 e. The van der Waals surface area contributed by atoms with Gasteiger partial charge in [0.05, 0.1) is 12.6 Å². The summed E-state index contributed by atoms with van der Waals surface area (Å²) in [4.78, 5) is 24.5. The van der Waals surface area contributed by atoms with Gasteiger partial charge in [0.2, 0.25) is 5.91 Å². The van der Waals surface area contributed by atoms with Crippen molar-refractivity contribution in [3.05, 3.63) is 0 Å². The maximum atomic E-state index is 12.1. The van der Waals surface area contributed by atoms with Crippen LogP contribution in [0.3, 0.4) is 0 Å². The van der Waals surface area contributed by atoms with E-state index in [1.165, 1.54) is 12.8 Å². The van der Waals surface area contributed by atoms with Crippen LogP contribution in [0.5, 0.6) is 0 Å². The summed E-state index contributed by atoms with van der Waals surface area (Å²) >= 11 is 0. The first kappa shape index (κ1) is 15.0. The molecule has 1 aliphatic carbocycles. The first-order chi connectivity index (χ1) is 8.54. The molecule has 1 rings (SSSR count). The van der Waals surface area contributed by atoms with Crippen molar-refractivity contribution in [1.82, 2.24) is 10.2 Å². The molecule has 104 valence electrons. The number of hydrogen-bond acceptors (Lipinski definition) is 3. The van der Waals surface area contributed by atoms with Crippen LogP contribution in [0, 0.1) is 0 Å². The van der Waals surface area contributed by atoms with Gasteiger partial charge in [-0.25, -0.2) is 0 Å². The SMILES string of the molecule is CCCN(CC(=O)O)C(C)C(=O)NC1CCCC1. The Balaban J connectivity index is 2.48. The number of aliphatic carboxylic acids is 1. The summed E-state index contributed by atoms with van der Waals surface area (Å²) in [5.74, 6) is -0.930. The minimum absolute atomic E-state index is 0.0448. The third-order valence-corrected chi connectivity index (χ3v) is 3.48.